The van der Waals surface area contributed by atoms with Gasteiger partial charge in [-0.3, -0.25) is 4.79 Å². The van der Waals surface area contributed by atoms with Gasteiger partial charge in [0.2, 0.25) is 0 Å². The number of hydrogen-bond donors (Lipinski definition) is 1. The number of anilines is 1. The van der Waals surface area contributed by atoms with Gasteiger partial charge >= 0.3 is 0 Å². The SMILES string of the molecule is N#Cc1ccc(NC(=O)c2ccc(-c3ccccc3)cc2)cc1. The van der Waals surface area contributed by atoms with Gasteiger partial charge in [0.25, 0.3) is 5.91 Å². The minimum Gasteiger partial charge on any atom is -0.322 e. The Hall–Kier alpha value is -3.38. The van der Waals surface area contributed by atoms with E-state index >= 15 is 0 Å². The first kappa shape index (κ1) is 14.6. The third-order valence-electron chi connectivity index (χ3n) is 3.53. The summed E-state index contributed by atoms with van der Waals surface area (Å²) in [5.41, 5.74) is 4.01. The number of carbonyl (C=O) groups excluding carboxylic acids is 1. The number of nitriles is 1. The van der Waals surface area contributed by atoms with E-state index < -0.39 is 0 Å². The number of amides is 1. The number of rotatable bonds is 3. The third kappa shape index (κ3) is 3.45. The van der Waals surface area contributed by atoms with E-state index in [1.165, 1.54) is 0 Å². The van der Waals surface area contributed by atoms with Crippen LogP contribution in [0.5, 0.6) is 0 Å². The van der Waals surface area contributed by atoms with Crippen LogP contribution in [0.3, 0.4) is 0 Å². The van der Waals surface area contributed by atoms with E-state index in [9.17, 15) is 4.79 Å². The van der Waals surface area contributed by atoms with Gasteiger partial charge in [-0.25, -0.2) is 0 Å². The normalized spacial score (nSPS) is 9.87. The minimum atomic E-state index is -0.172. The second kappa shape index (κ2) is 6.59. The van der Waals surface area contributed by atoms with Crippen LogP contribution in [-0.4, -0.2) is 5.91 Å². The molecule has 0 aromatic heterocycles. The summed E-state index contributed by atoms with van der Waals surface area (Å²) in [7, 11) is 0. The van der Waals surface area contributed by atoms with Crippen LogP contribution in [0.15, 0.2) is 78.9 Å². The largest absolute Gasteiger partial charge is 0.322 e. The van der Waals surface area contributed by atoms with Gasteiger partial charge < -0.3 is 5.32 Å². The van der Waals surface area contributed by atoms with Crippen molar-refractivity contribution in [2.24, 2.45) is 0 Å². The van der Waals surface area contributed by atoms with Crippen molar-refractivity contribution in [2.45, 2.75) is 0 Å². The van der Waals surface area contributed by atoms with Gasteiger partial charge in [0, 0.05) is 11.3 Å². The van der Waals surface area contributed by atoms with Gasteiger partial charge in [-0.2, -0.15) is 5.26 Å². The minimum absolute atomic E-state index is 0.172. The molecule has 0 aliphatic heterocycles. The van der Waals surface area contributed by atoms with E-state index in [1.54, 1.807) is 36.4 Å². The molecule has 0 bridgehead atoms. The van der Waals surface area contributed by atoms with Gasteiger partial charge in [-0.1, -0.05) is 42.5 Å². The Morgan fingerprint density at radius 1 is 0.783 bits per heavy atom. The molecule has 0 saturated heterocycles. The third-order valence-corrected chi connectivity index (χ3v) is 3.53. The summed E-state index contributed by atoms with van der Waals surface area (Å²) >= 11 is 0. The number of hydrogen-bond acceptors (Lipinski definition) is 2. The molecule has 0 aliphatic rings. The first-order valence-corrected chi connectivity index (χ1v) is 7.23. The van der Waals surface area contributed by atoms with Crippen LogP contribution >= 0.6 is 0 Å². The lowest BCUT2D eigenvalue weighted by Gasteiger charge is -2.06. The standard InChI is InChI=1S/C20H14N2O/c21-14-15-6-12-19(13-7-15)22-20(23)18-10-8-17(9-11-18)16-4-2-1-3-5-16/h1-13H,(H,22,23). The Morgan fingerprint density at radius 2 is 1.39 bits per heavy atom. The van der Waals surface area contributed by atoms with Crippen LogP contribution < -0.4 is 5.32 Å². The molecule has 0 atom stereocenters. The van der Waals surface area contributed by atoms with Crippen molar-refractivity contribution in [1.29, 1.82) is 5.26 Å². The molecule has 3 aromatic rings. The number of benzene rings is 3. The Bertz CT molecular complexity index is 845. The molecular weight excluding hydrogens is 284 g/mol. The van der Waals surface area contributed by atoms with E-state index in [2.05, 4.69) is 5.32 Å². The summed E-state index contributed by atoms with van der Waals surface area (Å²) in [6.07, 6.45) is 0. The Balaban J connectivity index is 1.74. The second-order valence-corrected chi connectivity index (χ2v) is 5.09. The molecule has 23 heavy (non-hydrogen) atoms. The summed E-state index contributed by atoms with van der Waals surface area (Å²) in [6, 6.07) is 26.3. The molecule has 0 aliphatic carbocycles. The molecular formula is C20H14N2O. The lowest BCUT2D eigenvalue weighted by atomic mass is 10.0. The smallest absolute Gasteiger partial charge is 0.255 e. The summed E-state index contributed by atoms with van der Waals surface area (Å²) in [6.45, 7) is 0. The van der Waals surface area contributed by atoms with Crippen molar-refractivity contribution in [2.75, 3.05) is 5.32 Å². The average molecular weight is 298 g/mol. The summed E-state index contributed by atoms with van der Waals surface area (Å²) < 4.78 is 0. The van der Waals surface area contributed by atoms with Crippen LogP contribution in [0.4, 0.5) is 5.69 Å². The Morgan fingerprint density at radius 3 is 2.00 bits per heavy atom. The molecule has 3 heteroatoms. The Labute approximate surface area is 134 Å². The van der Waals surface area contributed by atoms with E-state index in [0.717, 1.165) is 11.1 Å². The van der Waals surface area contributed by atoms with E-state index in [0.29, 0.717) is 16.8 Å². The lowest BCUT2D eigenvalue weighted by Crippen LogP contribution is -2.11. The van der Waals surface area contributed by atoms with Crippen LogP contribution in [-0.2, 0) is 0 Å². The quantitative estimate of drug-likeness (QED) is 0.775. The summed E-state index contributed by atoms with van der Waals surface area (Å²) in [5, 5.41) is 11.6. The van der Waals surface area contributed by atoms with Crippen LogP contribution in [0.25, 0.3) is 11.1 Å². The fourth-order valence-electron chi connectivity index (χ4n) is 2.28. The van der Waals surface area contributed by atoms with Crippen molar-refractivity contribution in [3.63, 3.8) is 0 Å². The van der Waals surface area contributed by atoms with Crippen LogP contribution in [0.2, 0.25) is 0 Å². The molecule has 0 spiro atoms. The maximum Gasteiger partial charge on any atom is 0.255 e. The Kier molecular flexibility index (Phi) is 4.17. The van der Waals surface area contributed by atoms with Gasteiger partial charge in [-0.05, 0) is 47.5 Å². The summed E-state index contributed by atoms with van der Waals surface area (Å²) in [5.74, 6) is -0.172. The van der Waals surface area contributed by atoms with Gasteiger partial charge in [0.1, 0.15) is 0 Å². The first-order chi connectivity index (χ1) is 11.3. The molecule has 1 N–H and O–H groups in total. The zero-order chi connectivity index (χ0) is 16.1. The highest BCUT2D eigenvalue weighted by molar-refractivity contribution is 6.04. The fourth-order valence-corrected chi connectivity index (χ4v) is 2.28. The second-order valence-electron chi connectivity index (χ2n) is 5.09. The van der Waals surface area contributed by atoms with Crippen LogP contribution in [0.1, 0.15) is 15.9 Å². The molecule has 3 aromatic carbocycles. The molecule has 0 saturated carbocycles. The zero-order valence-electron chi connectivity index (χ0n) is 12.4. The van der Waals surface area contributed by atoms with Crippen molar-refractivity contribution in [3.05, 3.63) is 90.0 Å². The molecule has 3 rings (SSSR count). The molecule has 0 radical (unpaired) electrons. The van der Waals surface area contributed by atoms with E-state index in [4.69, 9.17) is 5.26 Å². The van der Waals surface area contributed by atoms with Gasteiger partial charge in [-0.15, -0.1) is 0 Å². The average Bonchev–Trinajstić information content (AvgIpc) is 2.63. The molecule has 0 heterocycles. The number of nitrogens with one attached hydrogen (secondary N) is 1. The van der Waals surface area contributed by atoms with E-state index in [1.807, 2.05) is 48.5 Å². The van der Waals surface area contributed by atoms with Gasteiger partial charge in [0.05, 0.1) is 11.6 Å². The highest BCUT2D eigenvalue weighted by atomic mass is 16.1. The molecule has 110 valence electrons. The van der Waals surface area contributed by atoms with E-state index in [-0.39, 0.29) is 5.91 Å². The lowest BCUT2D eigenvalue weighted by molar-refractivity contribution is 0.102. The van der Waals surface area contributed by atoms with Gasteiger partial charge in [0.15, 0.2) is 0 Å². The highest BCUT2D eigenvalue weighted by Crippen LogP contribution is 2.19. The maximum atomic E-state index is 12.2. The maximum absolute atomic E-state index is 12.2. The summed E-state index contributed by atoms with van der Waals surface area (Å²) in [4.78, 5) is 12.2. The molecule has 0 fully saturated rings. The van der Waals surface area contributed by atoms with Crippen molar-refractivity contribution in [3.8, 4) is 17.2 Å². The van der Waals surface area contributed by atoms with Crippen molar-refractivity contribution < 1.29 is 4.79 Å². The molecule has 0 unspecified atom stereocenters. The first-order valence-electron chi connectivity index (χ1n) is 7.23. The highest BCUT2D eigenvalue weighted by Gasteiger charge is 2.06. The number of nitrogens with zero attached hydrogens (tertiary/aromatic N) is 1. The number of carbonyl (C=O) groups is 1. The van der Waals surface area contributed by atoms with Crippen molar-refractivity contribution >= 4 is 11.6 Å². The topological polar surface area (TPSA) is 52.9 Å². The van der Waals surface area contributed by atoms with Crippen molar-refractivity contribution in [1.82, 2.24) is 0 Å². The predicted octanol–water partition coefficient (Wildman–Crippen LogP) is 4.48. The van der Waals surface area contributed by atoms with Crippen LogP contribution in [0, 0.1) is 11.3 Å². The molecule has 3 nitrogen and oxygen atoms in total. The fraction of sp³-hybridized carbons (Fsp3) is 0. The molecule has 1 amide bonds. The predicted molar refractivity (Wildman–Crippen MR) is 91.0 cm³/mol. The zero-order valence-corrected chi connectivity index (χ0v) is 12.4. The monoisotopic (exact) mass is 298 g/mol.